The number of carbonyl (C=O) groups excluding carboxylic acids is 1. The molecule has 1 aromatic heterocycles. The Labute approximate surface area is 105 Å². The van der Waals surface area contributed by atoms with Crippen molar-refractivity contribution >= 4 is 33.0 Å². The highest BCUT2D eigenvalue weighted by molar-refractivity contribution is 9.11. The van der Waals surface area contributed by atoms with Gasteiger partial charge in [0.25, 0.3) is 0 Å². The average Bonchev–Trinajstić information content (AvgIpc) is 2.68. The van der Waals surface area contributed by atoms with Crippen molar-refractivity contribution in [3.8, 4) is 0 Å². The fourth-order valence-electron chi connectivity index (χ4n) is 1.39. The maximum Gasteiger partial charge on any atom is 0.205 e. The molecule has 0 saturated carbocycles. The second-order valence-corrected chi connectivity index (χ2v) is 5.83. The van der Waals surface area contributed by atoms with E-state index in [1.54, 1.807) is 31.2 Å². The number of thiophene rings is 1. The van der Waals surface area contributed by atoms with Gasteiger partial charge in [0, 0.05) is 0 Å². The van der Waals surface area contributed by atoms with Crippen molar-refractivity contribution < 1.29 is 9.18 Å². The highest BCUT2D eigenvalue weighted by Crippen LogP contribution is 2.25. The minimum atomic E-state index is -0.433. The SMILES string of the molecule is Cc1cccc(C(=O)c2ccc(Br)s2)c1F. The lowest BCUT2D eigenvalue weighted by Crippen LogP contribution is -2.03. The van der Waals surface area contributed by atoms with E-state index in [-0.39, 0.29) is 11.3 Å². The van der Waals surface area contributed by atoms with Gasteiger partial charge in [-0.25, -0.2) is 4.39 Å². The van der Waals surface area contributed by atoms with E-state index >= 15 is 0 Å². The minimum Gasteiger partial charge on any atom is -0.288 e. The van der Waals surface area contributed by atoms with Crippen LogP contribution in [0.15, 0.2) is 34.1 Å². The van der Waals surface area contributed by atoms with Crippen LogP contribution in [0.3, 0.4) is 0 Å². The number of benzene rings is 1. The van der Waals surface area contributed by atoms with E-state index in [4.69, 9.17) is 0 Å². The highest BCUT2D eigenvalue weighted by Gasteiger charge is 2.16. The summed E-state index contributed by atoms with van der Waals surface area (Å²) in [6.07, 6.45) is 0. The number of hydrogen-bond acceptors (Lipinski definition) is 2. The summed E-state index contributed by atoms with van der Waals surface area (Å²) in [6.45, 7) is 1.65. The zero-order valence-electron chi connectivity index (χ0n) is 8.46. The zero-order valence-corrected chi connectivity index (χ0v) is 10.9. The molecule has 0 aliphatic rings. The summed E-state index contributed by atoms with van der Waals surface area (Å²) < 4.78 is 14.6. The molecule has 0 spiro atoms. The standard InChI is InChI=1S/C12H8BrFOS/c1-7-3-2-4-8(11(7)14)12(15)9-5-6-10(13)16-9/h2-6H,1H3. The first-order valence-corrected chi connectivity index (χ1v) is 6.25. The first kappa shape index (κ1) is 11.5. The third-order valence-electron chi connectivity index (χ3n) is 2.23. The topological polar surface area (TPSA) is 17.1 Å². The summed E-state index contributed by atoms with van der Waals surface area (Å²) in [5, 5.41) is 0. The summed E-state index contributed by atoms with van der Waals surface area (Å²) in [7, 11) is 0. The number of aryl methyl sites for hydroxylation is 1. The number of halogens is 2. The molecule has 16 heavy (non-hydrogen) atoms. The predicted octanol–water partition coefficient (Wildman–Crippen LogP) is 4.19. The second kappa shape index (κ2) is 4.47. The average molecular weight is 299 g/mol. The summed E-state index contributed by atoms with van der Waals surface area (Å²) in [6, 6.07) is 8.33. The molecule has 1 nitrogen and oxygen atoms in total. The van der Waals surface area contributed by atoms with Gasteiger partial charge in [-0.05, 0) is 46.6 Å². The van der Waals surface area contributed by atoms with E-state index in [1.807, 2.05) is 0 Å². The highest BCUT2D eigenvalue weighted by atomic mass is 79.9. The maximum absolute atomic E-state index is 13.7. The summed E-state index contributed by atoms with van der Waals surface area (Å²) >= 11 is 4.58. The summed E-state index contributed by atoms with van der Waals surface area (Å²) in [5.41, 5.74) is 0.621. The van der Waals surface area contributed by atoms with Crippen LogP contribution in [-0.4, -0.2) is 5.78 Å². The van der Waals surface area contributed by atoms with Crippen LogP contribution in [0.4, 0.5) is 4.39 Å². The summed E-state index contributed by atoms with van der Waals surface area (Å²) in [5.74, 6) is -0.700. The largest absolute Gasteiger partial charge is 0.288 e. The van der Waals surface area contributed by atoms with Crippen LogP contribution < -0.4 is 0 Å². The Morgan fingerprint density at radius 1 is 1.31 bits per heavy atom. The van der Waals surface area contributed by atoms with Gasteiger partial charge in [-0.15, -0.1) is 11.3 Å². The molecule has 0 aliphatic carbocycles. The van der Waals surface area contributed by atoms with Crippen molar-refractivity contribution in [3.05, 3.63) is 55.9 Å². The molecule has 0 unspecified atom stereocenters. The van der Waals surface area contributed by atoms with Crippen LogP contribution >= 0.6 is 27.3 Å². The molecular formula is C12H8BrFOS. The number of rotatable bonds is 2. The molecule has 1 heterocycles. The maximum atomic E-state index is 13.7. The van der Waals surface area contributed by atoms with Crippen molar-refractivity contribution in [1.82, 2.24) is 0 Å². The smallest absolute Gasteiger partial charge is 0.205 e. The van der Waals surface area contributed by atoms with Crippen LogP contribution in [-0.2, 0) is 0 Å². The third-order valence-corrected chi connectivity index (χ3v) is 3.86. The predicted molar refractivity (Wildman–Crippen MR) is 66.6 cm³/mol. The van der Waals surface area contributed by atoms with Gasteiger partial charge in [-0.1, -0.05) is 12.1 Å². The monoisotopic (exact) mass is 298 g/mol. The van der Waals surface area contributed by atoms with Crippen molar-refractivity contribution in [2.45, 2.75) is 6.92 Å². The Hall–Kier alpha value is -1.000. The number of ketones is 1. The Morgan fingerprint density at radius 2 is 2.06 bits per heavy atom. The van der Waals surface area contributed by atoms with E-state index in [0.29, 0.717) is 10.4 Å². The first-order valence-electron chi connectivity index (χ1n) is 4.65. The van der Waals surface area contributed by atoms with Gasteiger partial charge >= 0.3 is 0 Å². The number of hydrogen-bond donors (Lipinski definition) is 0. The van der Waals surface area contributed by atoms with Gasteiger partial charge in [-0.3, -0.25) is 4.79 Å². The Kier molecular flexibility index (Phi) is 3.21. The van der Waals surface area contributed by atoms with Crippen molar-refractivity contribution in [3.63, 3.8) is 0 Å². The molecule has 1 aromatic carbocycles. The molecule has 2 rings (SSSR count). The fraction of sp³-hybridized carbons (Fsp3) is 0.0833. The van der Waals surface area contributed by atoms with Gasteiger partial charge < -0.3 is 0 Å². The Morgan fingerprint density at radius 3 is 2.69 bits per heavy atom. The molecule has 0 fully saturated rings. The normalized spacial score (nSPS) is 10.4. The molecule has 2 aromatic rings. The second-order valence-electron chi connectivity index (χ2n) is 3.37. The van der Waals surface area contributed by atoms with Gasteiger partial charge in [0.15, 0.2) is 0 Å². The van der Waals surface area contributed by atoms with E-state index < -0.39 is 5.82 Å². The van der Waals surface area contributed by atoms with Gasteiger partial charge in [0.1, 0.15) is 5.82 Å². The Bertz CT molecular complexity index is 548. The molecule has 0 aliphatic heterocycles. The lowest BCUT2D eigenvalue weighted by Gasteiger charge is -2.02. The first-order chi connectivity index (χ1) is 7.59. The molecule has 0 saturated heterocycles. The van der Waals surface area contributed by atoms with E-state index in [9.17, 15) is 9.18 Å². The Balaban J connectivity index is 2.45. The fourth-order valence-corrected chi connectivity index (χ4v) is 2.73. The number of carbonyl (C=O) groups is 1. The van der Waals surface area contributed by atoms with Crippen molar-refractivity contribution in [1.29, 1.82) is 0 Å². The van der Waals surface area contributed by atoms with E-state index in [2.05, 4.69) is 15.9 Å². The van der Waals surface area contributed by atoms with Crippen LogP contribution in [0.2, 0.25) is 0 Å². The van der Waals surface area contributed by atoms with E-state index in [0.717, 1.165) is 3.79 Å². The zero-order chi connectivity index (χ0) is 11.7. The van der Waals surface area contributed by atoms with Crippen LogP contribution in [0.25, 0.3) is 0 Å². The third kappa shape index (κ3) is 2.08. The van der Waals surface area contributed by atoms with Gasteiger partial charge in [0.05, 0.1) is 14.2 Å². The molecule has 0 N–H and O–H groups in total. The lowest BCUT2D eigenvalue weighted by atomic mass is 10.1. The summed E-state index contributed by atoms with van der Waals surface area (Å²) in [4.78, 5) is 12.5. The molecule has 4 heteroatoms. The van der Waals surface area contributed by atoms with Crippen molar-refractivity contribution in [2.24, 2.45) is 0 Å². The van der Waals surface area contributed by atoms with Gasteiger partial charge in [0.2, 0.25) is 5.78 Å². The van der Waals surface area contributed by atoms with Crippen LogP contribution in [0.5, 0.6) is 0 Å². The molecule has 82 valence electrons. The quantitative estimate of drug-likeness (QED) is 0.760. The molecular weight excluding hydrogens is 291 g/mol. The van der Waals surface area contributed by atoms with Crippen LogP contribution in [0, 0.1) is 12.7 Å². The minimum absolute atomic E-state index is 0.134. The molecule has 0 amide bonds. The molecule has 0 radical (unpaired) electrons. The molecule has 0 atom stereocenters. The van der Waals surface area contributed by atoms with E-state index in [1.165, 1.54) is 17.4 Å². The van der Waals surface area contributed by atoms with Crippen LogP contribution in [0.1, 0.15) is 20.8 Å². The molecule has 0 bridgehead atoms. The van der Waals surface area contributed by atoms with Crippen molar-refractivity contribution in [2.75, 3.05) is 0 Å². The lowest BCUT2D eigenvalue weighted by molar-refractivity contribution is 0.103. The van der Waals surface area contributed by atoms with Gasteiger partial charge in [-0.2, -0.15) is 0 Å².